The number of rotatable bonds is 18. The molecule has 64 heavy (non-hydrogen) atoms. The van der Waals surface area contributed by atoms with Gasteiger partial charge in [0, 0.05) is 18.7 Å². The molecule has 5 rings (SSSR count). The summed E-state index contributed by atoms with van der Waals surface area (Å²) in [6.45, 7) is 0.528. The van der Waals surface area contributed by atoms with Crippen molar-refractivity contribution in [2.24, 2.45) is 17.6 Å². The van der Waals surface area contributed by atoms with Gasteiger partial charge in [0.25, 0.3) is 5.91 Å². The number of aliphatic hydroxyl groups excluding tert-OH is 5. The number of likely N-dealkylation sites (N-methyl/N-ethyl adjacent to an activating group) is 1. The van der Waals surface area contributed by atoms with Gasteiger partial charge >= 0.3 is 18.3 Å². The number of ether oxygens (including phenoxy) is 2. The smallest absolute Gasteiger partial charge is 0.433 e. The summed E-state index contributed by atoms with van der Waals surface area (Å²) in [6, 6.07) is 4.49. The van der Waals surface area contributed by atoms with Crippen molar-refractivity contribution >= 4 is 17.5 Å². The van der Waals surface area contributed by atoms with Gasteiger partial charge in [-0.25, -0.2) is 19.4 Å². The van der Waals surface area contributed by atoms with E-state index in [1.165, 1.54) is 11.0 Å². The largest absolute Gasteiger partial charge is 0.488 e. The molecule has 16 nitrogen and oxygen atoms in total. The second-order valence-corrected chi connectivity index (χ2v) is 15.5. The van der Waals surface area contributed by atoms with Crippen LogP contribution in [0.4, 0.5) is 40.8 Å². The quantitative estimate of drug-likeness (QED) is 0.0421. The van der Waals surface area contributed by atoms with Crippen molar-refractivity contribution in [3.63, 3.8) is 0 Å². The molecule has 1 aromatic heterocycles. The number of amides is 2. The number of hydrogen-bond acceptors (Lipinski definition) is 14. The normalized spacial score (nSPS) is 21.3. The van der Waals surface area contributed by atoms with Gasteiger partial charge in [0.2, 0.25) is 5.82 Å². The third kappa shape index (κ3) is 10.7. The molecule has 2 amide bonds. The number of hydrazine groups is 1. The van der Waals surface area contributed by atoms with Crippen LogP contribution in [0.1, 0.15) is 36.6 Å². The van der Waals surface area contributed by atoms with Crippen LogP contribution in [0.3, 0.4) is 0 Å². The number of nitrogens with two attached hydrogens (primary N) is 1. The first-order valence-electron chi connectivity index (χ1n) is 19.6. The SMILES string of the molecule is CC1CCC2(C=C(C(N)=O)C(=O)N(O)N2c2ccc(C(F)(F)F)cc2-c2cc(C(F)(F)F)ncn2)C1Cc1ccc(OCCOCCN(C)C[C@H](O)[C@@H](O)C(O)[C@H](O)CO)c(F)c1F. The second-order valence-electron chi connectivity index (χ2n) is 15.5. The van der Waals surface area contributed by atoms with Crippen molar-refractivity contribution in [1.82, 2.24) is 20.0 Å². The third-order valence-corrected chi connectivity index (χ3v) is 11.3. The van der Waals surface area contributed by atoms with Crippen molar-refractivity contribution in [3.05, 3.63) is 82.8 Å². The minimum atomic E-state index is -5.07. The number of anilines is 1. The van der Waals surface area contributed by atoms with Crippen molar-refractivity contribution < 1.29 is 84.9 Å². The van der Waals surface area contributed by atoms with E-state index in [4.69, 9.17) is 20.3 Å². The Labute approximate surface area is 359 Å². The fraction of sp³-hybridized carbons (Fsp3) is 0.500. The molecule has 4 unspecified atom stereocenters. The molecule has 24 heteroatoms. The second kappa shape index (κ2) is 20.0. The highest BCUT2D eigenvalue weighted by molar-refractivity contribution is 6.18. The number of hydrogen-bond donors (Lipinski definition) is 7. The highest BCUT2D eigenvalue weighted by Crippen LogP contribution is 2.53. The Balaban J connectivity index is 1.39. The zero-order valence-electron chi connectivity index (χ0n) is 34.1. The summed E-state index contributed by atoms with van der Waals surface area (Å²) >= 11 is 0. The third-order valence-electron chi connectivity index (χ3n) is 11.3. The molecule has 3 aromatic rings. The average Bonchev–Trinajstić information content (AvgIpc) is 3.54. The topological polar surface area (TPSA) is 235 Å². The van der Waals surface area contributed by atoms with E-state index in [9.17, 15) is 61.6 Å². The lowest BCUT2D eigenvalue weighted by Gasteiger charge is -2.51. The number of benzene rings is 2. The standard InChI is InChI=1S/C40H46F8N6O10/c1-20-7-8-38(25(20)13-21-3-6-30(33(42)32(21)41)64-12-11-63-10-9-52(2)17-28(56)34(58)35(59)29(57)18-55)16-24(36(49)60)37(61)54(62)53(38)27-5-4-22(39(43,44)45)14-23(27)26-15-31(40(46,47)48)51-19-50-26/h3-6,14-16,19-20,25,28-29,34-35,55-59,62H,7-13,17-18H2,1-2H3,(H2,49,60)/t20?,25?,28-,29+,34+,35?,38?/m0/s1. The summed E-state index contributed by atoms with van der Waals surface area (Å²) in [5.74, 6) is -7.60. The lowest BCUT2D eigenvalue weighted by atomic mass is 9.76. The van der Waals surface area contributed by atoms with Gasteiger partial charge in [-0.3, -0.25) is 14.8 Å². The van der Waals surface area contributed by atoms with Gasteiger partial charge in [0.05, 0.1) is 48.4 Å². The van der Waals surface area contributed by atoms with Crippen molar-refractivity contribution in [1.29, 1.82) is 0 Å². The molecule has 2 aliphatic rings. The molecule has 1 aliphatic carbocycles. The molecule has 1 fully saturated rings. The molecule has 1 saturated carbocycles. The number of carbonyl (C=O) groups excluding carboxylic acids is 2. The summed E-state index contributed by atoms with van der Waals surface area (Å²) in [4.78, 5) is 34.5. The molecule has 1 aliphatic heterocycles. The van der Waals surface area contributed by atoms with Crippen LogP contribution >= 0.6 is 0 Å². The van der Waals surface area contributed by atoms with Gasteiger partial charge in [0.15, 0.2) is 11.6 Å². The van der Waals surface area contributed by atoms with Crippen LogP contribution in [-0.2, 0) is 33.1 Å². The molecule has 2 aromatic carbocycles. The maximum Gasteiger partial charge on any atom is 0.433 e. The van der Waals surface area contributed by atoms with E-state index < -0.39 is 130 Å². The maximum atomic E-state index is 15.9. The number of aromatic nitrogens is 2. The lowest BCUT2D eigenvalue weighted by Crippen LogP contribution is -2.64. The maximum absolute atomic E-state index is 15.9. The number of carbonyl (C=O) groups is 2. The number of primary amides is 1. The Morgan fingerprint density at radius 2 is 1.66 bits per heavy atom. The highest BCUT2D eigenvalue weighted by Gasteiger charge is 2.56. The Bertz CT molecular complexity index is 2180. The van der Waals surface area contributed by atoms with E-state index in [2.05, 4.69) is 9.97 Å². The molecular formula is C40H46F8N6O10. The molecule has 7 atom stereocenters. The summed E-state index contributed by atoms with van der Waals surface area (Å²) in [7, 11) is 1.55. The van der Waals surface area contributed by atoms with Crippen LogP contribution in [0.2, 0.25) is 0 Å². The predicted octanol–water partition coefficient (Wildman–Crippen LogP) is 2.61. The van der Waals surface area contributed by atoms with E-state index in [1.54, 1.807) is 14.0 Å². The Hall–Kier alpha value is -5.08. The summed E-state index contributed by atoms with van der Waals surface area (Å²) in [5.41, 5.74) is -2.04. The highest BCUT2D eigenvalue weighted by atomic mass is 19.4. The zero-order valence-corrected chi connectivity index (χ0v) is 34.1. The first-order chi connectivity index (χ1) is 29.9. The molecule has 8 N–H and O–H groups in total. The van der Waals surface area contributed by atoms with Crippen LogP contribution in [-0.4, -0.2) is 139 Å². The van der Waals surface area contributed by atoms with E-state index in [-0.39, 0.29) is 56.5 Å². The van der Waals surface area contributed by atoms with Gasteiger partial charge < -0.3 is 45.6 Å². The first kappa shape index (κ1) is 49.9. The zero-order chi connectivity index (χ0) is 47.5. The van der Waals surface area contributed by atoms with Gasteiger partial charge in [0.1, 0.15) is 42.5 Å². The van der Waals surface area contributed by atoms with Gasteiger partial charge in [-0.1, -0.05) is 13.0 Å². The van der Waals surface area contributed by atoms with E-state index in [1.807, 2.05) is 0 Å². The van der Waals surface area contributed by atoms with Crippen molar-refractivity contribution in [2.75, 3.05) is 51.6 Å². The molecule has 2 heterocycles. The molecule has 1 spiro atoms. The molecule has 0 saturated heterocycles. The predicted molar refractivity (Wildman–Crippen MR) is 205 cm³/mol. The monoisotopic (exact) mass is 922 g/mol. The van der Waals surface area contributed by atoms with Gasteiger partial charge in [-0.05, 0) is 80.1 Å². The Morgan fingerprint density at radius 3 is 2.30 bits per heavy atom. The van der Waals surface area contributed by atoms with E-state index >= 15 is 8.78 Å². The Kier molecular flexibility index (Phi) is 15.6. The van der Waals surface area contributed by atoms with Crippen LogP contribution in [0.25, 0.3) is 11.3 Å². The summed E-state index contributed by atoms with van der Waals surface area (Å²) < 4.78 is 126. The number of hydroxylamine groups is 1. The molecule has 0 radical (unpaired) electrons. The average molecular weight is 923 g/mol. The lowest BCUT2D eigenvalue weighted by molar-refractivity contribution is -0.171. The molecule has 352 valence electrons. The number of nitrogens with zero attached hydrogens (tertiary/aromatic N) is 5. The van der Waals surface area contributed by atoms with Crippen molar-refractivity contribution in [2.45, 2.75) is 68.5 Å². The van der Waals surface area contributed by atoms with Crippen LogP contribution < -0.4 is 15.5 Å². The van der Waals surface area contributed by atoms with Gasteiger partial charge in [-0.2, -0.15) is 30.7 Å². The van der Waals surface area contributed by atoms with Crippen molar-refractivity contribution in [3.8, 4) is 17.0 Å². The van der Waals surface area contributed by atoms with E-state index in [0.717, 1.165) is 23.2 Å². The first-order valence-corrected chi connectivity index (χ1v) is 19.6. The number of halogens is 8. The summed E-state index contributed by atoms with van der Waals surface area (Å²) in [5, 5.41) is 60.5. The van der Waals surface area contributed by atoms with Crippen LogP contribution in [0, 0.1) is 23.5 Å². The van der Waals surface area contributed by atoms with E-state index in [0.29, 0.717) is 24.5 Å². The fourth-order valence-corrected chi connectivity index (χ4v) is 7.86. The van der Waals surface area contributed by atoms with Crippen LogP contribution in [0.5, 0.6) is 5.75 Å². The molecular weight excluding hydrogens is 876 g/mol. The van der Waals surface area contributed by atoms with Crippen LogP contribution in [0.15, 0.2) is 54.4 Å². The Morgan fingerprint density at radius 1 is 0.969 bits per heavy atom. The fourth-order valence-electron chi connectivity index (χ4n) is 7.86. The summed E-state index contributed by atoms with van der Waals surface area (Å²) in [6.07, 6.45) is -15.6. The molecule has 0 bridgehead atoms. The minimum Gasteiger partial charge on any atom is -0.488 e. The number of aliphatic hydroxyl groups is 5. The minimum absolute atomic E-state index is 0.0447. The number of alkyl halides is 6. The van der Waals surface area contributed by atoms with Gasteiger partial charge in [-0.15, -0.1) is 5.17 Å².